The van der Waals surface area contributed by atoms with Crippen LogP contribution in [0.3, 0.4) is 0 Å². The lowest BCUT2D eigenvalue weighted by Gasteiger charge is -2.45. The number of hydrogen-bond acceptors (Lipinski definition) is 4. The maximum Gasteiger partial charge on any atom is 0.326 e. The summed E-state index contributed by atoms with van der Waals surface area (Å²) >= 11 is 0. The summed E-state index contributed by atoms with van der Waals surface area (Å²) in [5.74, 6) is -0.866. The van der Waals surface area contributed by atoms with Crippen molar-refractivity contribution in [2.75, 3.05) is 11.4 Å². The van der Waals surface area contributed by atoms with Crippen molar-refractivity contribution in [3.63, 3.8) is 0 Å². The molecule has 3 N–H and O–H groups in total. The molecule has 0 radical (unpaired) electrons. The van der Waals surface area contributed by atoms with Crippen LogP contribution in [0.4, 0.5) is 5.69 Å². The first-order valence-electron chi connectivity index (χ1n) is 6.75. The lowest BCUT2D eigenvalue weighted by atomic mass is 9.76. The first kappa shape index (κ1) is 15.8. The summed E-state index contributed by atoms with van der Waals surface area (Å²) in [7, 11) is -3.74. The molecule has 1 aliphatic rings. The van der Waals surface area contributed by atoms with Crippen LogP contribution >= 0.6 is 0 Å². The Morgan fingerprint density at radius 1 is 1.33 bits per heavy atom. The van der Waals surface area contributed by atoms with Crippen molar-refractivity contribution in [3.8, 4) is 0 Å². The van der Waals surface area contributed by atoms with Crippen molar-refractivity contribution >= 4 is 21.7 Å². The molecule has 1 saturated heterocycles. The third-order valence-corrected chi connectivity index (χ3v) is 4.93. The van der Waals surface area contributed by atoms with Gasteiger partial charge in [-0.2, -0.15) is 0 Å². The van der Waals surface area contributed by atoms with Crippen molar-refractivity contribution in [2.45, 2.75) is 37.6 Å². The molecule has 1 aromatic rings. The van der Waals surface area contributed by atoms with Crippen LogP contribution in [0.1, 0.15) is 26.7 Å². The minimum atomic E-state index is -3.74. The molecule has 21 heavy (non-hydrogen) atoms. The number of primary sulfonamides is 1. The standard InChI is InChI=1S/C14H20N2O4S/c1-14(2)8-3-9-16(12(14)13(17)18)10-4-6-11(7-5-10)21(15,19)20/h4-7,12H,3,8-9H2,1-2H3,(H,17,18)(H2,15,19,20). The van der Waals surface area contributed by atoms with E-state index in [1.165, 1.54) is 12.1 Å². The summed E-state index contributed by atoms with van der Waals surface area (Å²) in [4.78, 5) is 13.5. The molecule has 0 bridgehead atoms. The Balaban J connectivity index is 2.37. The van der Waals surface area contributed by atoms with Crippen LogP contribution in [0.5, 0.6) is 0 Å². The molecule has 0 saturated carbocycles. The molecular weight excluding hydrogens is 292 g/mol. The van der Waals surface area contributed by atoms with Crippen LogP contribution in [0.2, 0.25) is 0 Å². The van der Waals surface area contributed by atoms with Gasteiger partial charge in [-0.25, -0.2) is 18.4 Å². The third-order valence-electron chi connectivity index (χ3n) is 4.00. The molecule has 6 nitrogen and oxygen atoms in total. The molecule has 1 unspecified atom stereocenters. The van der Waals surface area contributed by atoms with Crippen molar-refractivity contribution in [3.05, 3.63) is 24.3 Å². The van der Waals surface area contributed by atoms with Crippen LogP contribution < -0.4 is 10.0 Å². The average Bonchev–Trinajstić information content (AvgIpc) is 2.36. The lowest BCUT2D eigenvalue weighted by Crippen LogP contribution is -2.54. The first-order chi connectivity index (χ1) is 9.63. The SMILES string of the molecule is CC1(C)CCCN(c2ccc(S(N)(=O)=O)cc2)C1C(=O)O. The Morgan fingerprint density at radius 3 is 2.38 bits per heavy atom. The predicted octanol–water partition coefficient (Wildman–Crippen LogP) is 1.41. The number of nitrogens with zero attached hydrogens (tertiary/aromatic N) is 1. The van der Waals surface area contributed by atoms with Crippen molar-refractivity contribution < 1.29 is 18.3 Å². The quantitative estimate of drug-likeness (QED) is 0.879. The Kier molecular flexibility index (Phi) is 3.99. The molecular formula is C14H20N2O4S. The monoisotopic (exact) mass is 312 g/mol. The van der Waals surface area contributed by atoms with E-state index in [9.17, 15) is 18.3 Å². The number of benzene rings is 1. The van der Waals surface area contributed by atoms with Gasteiger partial charge in [0.15, 0.2) is 0 Å². The van der Waals surface area contributed by atoms with Crippen LogP contribution in [0.15, 0.2) is 29.2 Å². The zero-order chi connectivity index (χ0) is 15.8. The number of carboxylic acid groups (broad SMARTS) is 1. The number of carbonyl (C=O) groups is 1. The third kappa shape index (κ3) is 3.19. The van der Waals surface area contributed by atoms with E-state index in [1.54, 1.807) is 12.1 Å². The molecule has 1 aromatic carbocycles. The van der Waals surface area contributed by atoms with Gasteiger partial charge in [-0.15, -0.1) is 0 Å². The van der Waals surface area contributed by atoms with E-state index in [1.807, 2.05) is 18.7 Å². The predicted molar refractivity (Wildman–Crippen MR) is 79.6 cm³/mol. The second-order valence-electron chi connectivity index (χ2n) is 6.07. The van der Waals surface area contributed by atoms with Gasteiger partial charge in [-0.3, -0.25) is 0 Å². The molecule has 116 valence electrons. The lowest BCUT2D eigenvalue weighted by molar-refractivity contribution is -0.142. The summed E-state index contributed by atoms with van der Waals surface area (Å²) in [5.41, 5.74) is 0.352. The Bertz CT molecular complexity index is 637. The van der Waals surface area contributed by atoms with Crippen molar-refractivity contribution in [2.24, 2.45) is 10.6 Å². The van der Waals surface area contributed by atoms with E-state index >= 15 is 0 Å². The molecule has 1 fully saturated rings. The van der Waals surface area contributed by atoms with E-state index in [0.717, 1.165) is 12.8 Å². The van der Waals surface area contributed by atoms with Gasteiger partial charge < -0.3 is 10.0 Å². The van der Waals surface area contributed by atoms with Crippen molar-refractivity contribution in [1.29, 1.82) is 0 Å². The van der Waals surface area contributed by atoms with Gasteiger partial charge in [0.05, 0.1) is 4.90 Å². The average molecular weight is 312 g/mol. The highest BCUT2D eigenvalue weighted by Gasteiger charge is 2.42. The van der Waals surface area contributed by atoms with Crippen LogP contribution in [0.25, 0.3) is 0 Å². The number of nitrogens with two attached hydrogens (primary N) is 1. The smallest absolute Gasteiger partial charge is 0.326 e. The normalized spacial score (nSPS) is 22.0. The summed E-state index contributed by atoms with van der Waals surface area (Å²) < 4.78 is 22.5. The zero-order valence-electron chi connectivity index (χ0n) is 12.1. The molecule has 1 aliphatic heterocycles. The molecule has 0 aliphatic carbocycles. The minimum absolute atomic E-state index is 0.0226. The topological polar surface area (TPSA) is 101 Å². The highest BCUT2D eigenvalue weighted by Crippen LogP contribution is 2.38. The molecule has 7 heteroatoms. The zero-order valence-corrected chi connectivity index (χ0v) is 12.9. The fourth-order valence-electron chi connectivity index (χ4n) is 2.97. The van der Waals surface area contributed by atoms with E-state index in [0.29, 0.717) is 12.2 Å². The number of hydrogen-bond donors (Lipinski definition) is 2. The van der Waals surface area contributed by atoms with Gasteiger partial charge >= 0.3 is 5.97 Å². The Labute approximate surface area is 124 Å². The fraction of sp³-hybridized carbons (Fsp3) is 0.500. The second-order valence-corrected chi connectivity index (χ2v) is 7.63. The second kappa shape index (κ2) is 5.31. The first-order valence-corrected chi connectivity index (χ1v) is 8.30. The number of sulfonamides is 1. The van der Waals surface area contributed by atoms with E-state index in [-0.39, 0.29) is 10.3 Å². The number of anilines is 1. The fourth-order valence-corrected chi connectivity index (χ4v) is 3.48. The van der Waals surface area contributed by atoms with Gasteiger partial charge in [-0.1, -0.05) is 13.8 Å². The van der Waals surface area contributed by atoms with Gasteiger partial charge in [0.25, 0.3) is 0 Å². The van der Waals surface area contributed by atoms with Gasteiger partial charge in [0, 0.05) is 12.2 Å². The highest BCUT2D eigenvalue weighted by atomic mass is 32.2. The Hall–Kier alpha value is -1.60. The van der Waals surface area contributed by atoms with Gasteiger partial charge in [-0.05, 0) is 42.5 Å². The molecule has 2 rings (SSSR count). The minimum Gasteiger partial charge on any atom is -0.480 e. The largest absolute Gasteiger partial charge is 0.480 e. The number of aliphatic carboxylic acids is 1. The maximum absolute atomic E-state index is 11.6. The summed E-state index contributed by atoms with van der Waals surface area (Å²) in [6.45, 7) is 4.52. The number of piperidine rings is 1. The molecule has 1 heterocycles. The van der Waals surface area contributed by atoms with Gasteiger partial charge in [0.1, 0.15) is 6.04 Å². The van der Waals surface area contributed by atoms with E-state index in [2.05, 4.69) is 0 Å². The Morgan fingerprint density at radius 2 is 1.90 bits per heavy atom. The summed E-state index contributed by atoms with van der Waals surface area (Å²) in [5, 5.41) is 14.6. The molecule has 1 atom stereocenters. The molecule has 0 amide bonds. The van der Waals surface area contributed by atoms with Crippen LogP contribution in [-0.4, -0.2) is 32.1 Å². The summed E-state index contributed by atoms with van der Waals surface area (Å²) in [6, 6.07) is 5.40. The molecule has 0 aromatic heterocycles. The van der Waals surface area contributed by atoms with Crippen molar-refractivity contribution in [1.82, 2.24) is 0 Å². The van der Waals surface area contributed by atoms with Crippen LogP contribution in [0, 0.1) is 5.41 Å². The maximum atomic E-state index is 11.6. The van der Waals surface area contributed by atoms with E-state index in [4.69, 9.17) is 5.14 Å². The van der Waals surface area contributed by atoms with E-state index < -0.39 is 22.0 Å². The van der Waals surface area contributed by atoms with Gasteiger partial charge in [0.2, 0.25) is 10.0 Å². The summed E-state index contributed by atoms with van der Waals surface area (Å²) in [6.07, 6.45) is 1.74. The molecule has 0 spiro atoms. The van der Waals surface area contributed by atoms with Crippen LogP contribution in [-0.2, 0) is 14.8 Å². The highest BCUT2D eigenvalue weighted by molar-refractivity contribution is 7.89. The number of rotatable bonds is 3. The number of carboxylic acids is 1.